The Hall–Kier alpha value is -0.630. The van der Waals surface area contributed by atoms with Gasteiger partial charge in [-0.25, -0.2) is 0 Å². The van der Waals surface area contributed by atoms with Gasteiger partial charge in [0.1, 0.15) is 5.78 Å². The summed E-state index contributed by atoms with van der Waals surface area (Å²) in [5.74, 6) is 0.341. The molecule has 0 saturated carbocycles. The molecular formula is C11H18O2. The molecular weight excluding hydrogens is 164 g/mol. The fourth-order valence-electron chi connectivity index (χ4n) is 1.60. The number of carbonyl (C=O) groups excluding carboxylic acids is 1. The Morgan fingerprint density at radius 1 is 1.62 bits per heavy atom. The van der Waals surface area contributed by atoms with Crippen molar-refractivity contribution in [3.05, 3.63) is 12.7 Å². The van der Waals surface area contributed by atoms with Crippen LogP contribution in [0.25, 0.3) is 0 Å². The van der Waals surface area contributed by atoms with Gasteiger partial charge in [0.15, 0.2) is 0 Å². The largest absolute Gasteiger partial charge is 0.378 e. The molecule has 2 heteroatoms. The summed E-state index contributed by atoms with van der Waals surface area (Å²) in [4.78, 5) is 11.4. The van der Waals surface area contributed by atoms with E-state index in [0.717, 1.165) is 32.3 Å². The van der Waals surface area contributed by atoms with Crippen molar-refractivity contribution in [2.24, 2.45) is 0 Å². The molecule has 0 N–H and O–H groups in total. The van der Waals surface area contributed by atoms with Crippen LogP contribution in [0.4, 0.5) is 0 Å². The molecule has 0 amide bonds. The van der Waals surface area contributed by atoms with Crippen LogP contribution in [0.2, 0.25) is 0 Å². The molecule has 0 radical (unpaired) electrons. The average Bonchev–Trinajstić information content (AvgIpc) is 2.57. The highest BCUT2D eigenvalue weighted by Crippen LogP contribution is 2.16. The number of hydrogen-bond donors (Lipinski definition) is 0. The average molecular weight is 182 g/mol. The van der Waals surface area contributed by atoms with E-state index in [1.807, 2.05) is 6.08 Å². The van der Waals surface area contributed by atoms with E-state index in [2.05, 4.69) is 6.58 Å². The first-order valence-electron chi connectivity index (χ1n) is 5.07. The fourth-order valence-corrected chi connectivity index (χ4v) is 1.60. The van der Waals surface area contributed by atoms with E-state index in [0.29, 0.717) is 18.6 Å². The van der Waals surface area contributed by atoms with Gasteiger partial charge in [-0.2, -0.15) is 0 Å². The summed E-state index contributed by atoms with van der Waals surface area (Å²) >= 11 is 0. The second-order valence-corrected chi connectivity index (χ2v) is 3.56. The van der Waals surface area contributed by atoms with E-state index in [4.69, 9.17) is 4.74 Å². The lowest BCUT2D eigenvalue weighted by molar-refractivity contribution is -0.121. The normalized spacial score (nSPS) is 21.7. The summed E-state index contributed by atoms with van der Waals surface area (Å²) in [5.41, 5.74) is 0. The molecule has 1 fully saturated rings. The van der Waals surface area contributed by atoms with Gasteiger partial charge in [-0.3, -0.25) is 4.79 Å². The molecule has 1 unspecified atom stereocenters. The lowest BCUT2D eigenvalue weighted by atomic mass is 10.1. The van der Waals surface area contributed by atoms with Crippen molar-refractivity contribution in [2.75, 3.05) is 6.61 Å². The van der Waals surface area contributed by atoms with Crippen molar-refractivity contribution in [1.82, 2.24) is 0 Å². The standard InChI is InChI=1S/C11H18O2/c1-2-3-4-6-10(12)9-11-7-5-8-13-11/h2,11H,1,3-9H2. The first kappa shape index (κ1) is 10.5. The minimum absolute atomic E-state index is 0.219. The molecule has 0 aromatic rings. The second kappa shape index (κ2) is 5.92. The molecule has 0 spiro atoms. The van der Waals surface area contributed by atoms with E-state index >= 15 is 0 Å². The quantitative estimate of drug-likeness (QED) is 0.466. The number of ketones is 1. The van der Waals surface area contributed by atoms with E-state index in [1.165, 1.54) is 0 Å². The van der Waals surface area contributed by atoms with Crippen LogP contribution in [0.5, 0.6) is 0 Å². The van der Waals surface area contributed by atoms with Crippen LogP contribution in [0.15, 0.2) is 12.7 Å². The highest BCUT2D eigenvalue weighted by molar-refractivity contribution is 5.78. The molecule has 1 aliphatic heterocycles. The van der Waals surface area contributed by atoms with Gasteiger partial charge < -0.3 is 4.74 Å². The highest BCUT2D eigenvalue weighted by atomic mass is 16.5. The molecule has 1 saturated heterocycles. The molecule has 74 valence electrons. The van der Waals surface area contributed by atoms with Crippen LogP contribution in [0, 0.1) is 0 Å². The Kier molecular flexibility index (Phi) is 4.76. The third kappa shape index (κ3) is 4.23. The van der Waals surface area contributed by atoms with E-state index in [1.54, 1.807) is 0 Å². The van der Waals surface area contributed by atoms with Gasteiger partial charge in [0, 0.05) is 19.4 Å². The maximum atomic E-state index is 11.4. The highest BCUT2D eigenvalue weighted by Gasteiger charge is 2.18. The van der Waals surface area contributed by atoms with Gasteiger partial charge in [-0.15, -0.1) is 6.58 Å². The second-order valence-electron chi connectivity index (χ2n) is 3.56. The van der Waals surface area contributed by atoms with Gasteiger partial charge in [0.25, 0.3) is 0 Å². The van der Waals surface area contributed by atoms with Crippen molar-refractivity contribution >= 4 is 5.78 Å². The van der Waals surface area contributed by atoms with Crippen molar-refractivity contribution in [3.8, 4) is 0 Å². The first-order chi connectivity index (χ1) is 6.33. The molecule has 2 nitrogen and oxygen atoms in total. The molecule has 1 rings (SSSR count). The Morgan fingerprint density at radius 3 is 3.08 bits per heavy atom. The van der Waals surface area contributed by atoms with Crippen molar-refractivity contribution < 1.29 is 9.53 Å². The molecule has 0 aliphatic carbocycles. The van der Waals surface area contributed by atoms with Crippen LogP contribution in [0.3, 0.4) is 0 Å². The van der Waals surface area contributed by atoms with Gasteiger partial charge in [0.2, 0.25) is 0 Å². The monoisotopic (exact) mass is 182 g/mol. The maximum Gasteiger partial charge on any atom is 0.135 e. The summed E-state index contributed by atoms with van der Waals surface area (Å²) in [6.45, 7) is 4.46. The van der Waals surface area contributed by atoms with Crippen LogP contribution in [0.1, 0.15) is 38.5 Å². The molecule has 0 aromatic carbocycles. The zero-order chi connectivity index (χ0) is 9.52. The topological polar surface area (TPSA) is 26.3 Å². The molecule has 1 heterocycles. The Balaban J connectivity index is 2.05. The number of ether oxygens (including phenoxy) is 1. The van der Waals surface area contributed by atoms with Gasteiger partial charge in [-0.1, -0.05) is 6.08 Å². The van der Waals surface area contributed by atoms with E-state index in [-0.39, 0.29) is 6.10 Å². The summed E-state index contributed by atoms with van der Waals surface area (Å²) in [6, 6.07) is 0. The number of carbonyl (C=O) groups is 1. The fraction of sp³-hybridized carbons (Fsp3) is 0.727. The number of unbranched alkanes of at least 4 members (excludes halogenated alkanes) is 1. The number of Topliss-reactive ketones (excluding diaryl/α,β-unsaturated/α-hetero) is 1. The summed E-state index contributed by atoms with van der Waals surface area (Å²) < 4.78 is 5.39. The van der Waals surface area contributed by atoms with E-state index < -0.39 is 0 Å². The van der Waals surface area contributed by atoms with E-state index in [9.17, 15) is 4.79 Å². The predicted molar refractivity (Wildman–Crippen MR) is 52.6 cm³/mol. The lowest BCUT2D eigenvalue weighted by Crippen LogP contribution is -2.11. The summed E-state index contributed by atoms with van der Waals surface area (Å²) in [5, 5.41) is 0. The van der Waals surface area contributed by atoms with Crippen molar-refractivity contribution in [1.29, 1.82) is 0 Å². The summed E-state index contributed by atoms with van der Waals surface area (Å²) in [6.07, 6.45) is 7.45. The van der Waals surface area contributed by atoms with Gasteiger partial charge >= 0.3 is 0 Å². The predicted octanol–water partition coefficient (Wildman–Crippen LogP) is 2.48. The maximum absolute atomic E-state index is 11.4. The third-order valence-corrected chi connectivity index (χ3v) is 2.34. The Labute approximate surface area is 80.0 Å². The molecule has 0 bridgehead atoms. The molecule has 0 aromatic heterocycles. The number of allylic oxidation sites excluding steroid dienone is 1. The zero-order valence-corrected chi connectivity index (χ0v) is 8.13. The van der Waals surface area contributed by atoms with Crippen molar-refractivity contribution in [2.45, 2.75) is 44.6 Å². The smallest absolute Gasteiger partial charge is 0.135 e. The van der Waals surface area contributed by atoms with Crippen LogP contribution in [-0.4, -0.2) is 18.5 Å². The van der Waals surface area contributed by atoms with Crippen molar-refractivity contribution in [3.63, 3.8) is 0 Å². The molecule has 1 aliphatic rings. The molecule has 1 atom stereocenters. The lowest BCUT2D eigenvalue weighted by Gasteiger charge is -2.07. The number of hydrogen-bond acceptors (Lipinski definition) is 2. The first-order valence-corrected chi connectivity index (χ1v) is 5.07. The summed E-state index contributed by atoms with van der Waals surface area (Å²) in [7, 11) is 0. The van der Waals surface area contributed by atoms with Crippen LogP contribution < -0.4 is 0 Å². The van der Waals surface area contributed by atoms with Crippen LogP contribution in [-0.2, 0) is 9.53 Å². The van der Waals surface area contributed by atoms with Gasteiger partial charge in [0.05, 0.1) is 6.10 Å². The molecule has 13 heavy (non-hydrogen) atoms. The number of rotatable bonds is 6. The third-order valence-electron chi connectivity index (χ3n) is 2.34. The minimum Gasteiger partial charge on any atom is -0.378 e. The SMILES string of the molecule is C=CCCCC(=O)CC1CCCO1. The van der Waals surface area contributed by atoms with Gasteiger partial charge in [-0.05, 0) is 25.7 Å². The van der Waals surface area contributed by atoms with Crippen LogP contribution >= 0.6 is 0 Å². The Bertz CT molecular complexity index is 169. The minimum atomic E-state index is 0.219. The zero-order valence-electron chi connectivity index (χ0n) is 8.13. The Morgan fingerprint density at radius 2 is 2.46 bits per heavy atom.